The maximum Gasteiger partial charge on any atom is 1.00 e. The molecule has 10 heavy (non-hydrogen) atoms. The van der Waals surface area contributed by atoms with Gasteiger partial charge in [0.25, 0.3) is 0 Å². The number of rotatable bonds is 4. The van der Waals surface area contributed by atoms with Gasteiger partial charge in [-0.3, -0.25) is 4.55 Å². The van der Waals surface area contributed by atoms with Crippen LogP contribution in [0.5, 0.6) is 0 Å². The molecule has 0 fully saturated rings. The van der Waals surface area contributed by atoms with Crippen molar-refractivity contribution in [3.8, 4) is 0 Å². The van der Waals surface area contributed by atoms with Crippen molar-refractivity contribution >= 4 is 10.3 Å². The summed E-state index contributed by atoms with van der Waals surface area (Å²) >= 11 is 0. The third-order valence-electron chi connectivity index (χ3n) is 0.766. The predicted molar refractivity (Wildman–Crippen MR) is 34.7 cm³/mol. The Kier molecular flexibility index (Phi) is 8.85. The van der Waals surface area contributed by atoms with E-state index in [2.05, 4.69) is 4.72 Å². The van der Waals surface area contributed by atoms with Crippen molar-refractivity contribution in [2.45, 2.75) is 19.8 Å². The molecule has 56 valence electrons. The molecule has 0 aliphatic heterocycles. The van der Waals surface area contributed by atoms with Crippen LogP contribution in [-0.2, 0) is 10.3 Å². The number of nitrogens with zero attached hydrogens (tertiary/aromatic N) is 1. The summed E-state index contributed by atoms with van der Waals surface area (Å²) < 4.78 is 30.8. The zero-order valence-electron chi connectivity index (χ0n) is 6.24. The summed E-state index contributed by atoms with van der Waals surface area (Å²) in [5, 5.41) is 0. The Morgan fingerprint density at radius 3 is 2.30 bits per heavy atom. The van der Waals surface area contributed by atoms with Crippen LogP contribution in [0, 0.1) is 0 Å². The van der Waals surface area contributed by atoms with Gasteiger partial charge in [0.2, 0.25) is 0 Å². The Hall–Kier alpha value is 0.870. The molecule has 0 aromatic rings. The topological polar surface area (TPSA) is 68.5 Å². The van der Waals surface area contributed by atoms with Gasteiger partial charge in [-0.1, -0.05) is 19.8 Å². The van der Waals surface area contributed by atoms with E-state index >= 15 is 0 Å². The van der Waals surface area contributed by atoms with Gasteiger partial charge in [0.15, 0.2) is 10.3 Å². The molecule has 0 saturated carbocycles. The van der Waals surface area contributed by atoms with Crippen LogP contribution in [0.25, 0.3) is 4.72 Å². The summed E-state index contributed by atoms with van der Waals surface area (Å²) in [7, 11) is -4.07. The molecule has 0 heterocycles. The maximum atomic E-state index is 9.89. The molecule has 1 N–H and O–H groups in total. The van der Waals surface area contributed by atoms with Crippen molar-refractivity contribution in [1.82, 2.24) is 0 Å². The molecule has 0 aliphatic carbocycles. The fourth-order valence-corrected chi connectivity index (χ4v) is 0.698. The first kappa shape index (κ1) is 13.5. The van der Waals surface area contributed by atoms with Crippen LogP contribution >= 0.6 is 0 Å². The van der Waals surface area contributed by atoms with E-state index in [0.29, 0.717) is 6.42 Å². The molecule has 0 atom stereocenters. The molecular formula is C4H10NNaO3S. The van der Waals surface area contributed by atoms with Crippen LogP contribution in [0.15, 0.2) is 0 Å². The first-order valence-electron chi connectivity index (χ1n) is 2.72. The van der Waals surface area contributed by atoms with E-state index in [-0.39, 0.29) is 36.1 Å². The van der Waals surface area contributed by atoms with Crippen LogP contribution < -0.4 is 29.6 Å². The third-order valence-corrected chi connectivity index (χ3v) is 1.27. The second-order valence-electron chi connectivity index (χ2n) is 1.65. The van der Waals surface area contributed by atoms with Crippen molar-refractivity contribution < 1.29 is 42.5 Å². The Morgan fingerprint density at radius 2 is 2.00 bits per heavy atom. The Balaban J connectivity index is 0. The summed E-state index contributed by atoms with van der Waals surface area (Å²) in [6.45, 7) is 2.11. The first-order chi connectivity index (χ1) is 4.06. The summed E-state index contributed by atoms with van der Waals surface area (Å²) in [5.41, 5.74) is 0. The standard InChI is InChI=1S/C4H10NO3S.Na/c1-2-3-4-5-9(6,7)8;/h2-4H2,1H3,(H,6,7,8);/q-1;+1. The summed E-state index contributed by atoms with van der Waals surface area (Å²) in [6.07, 6.45) is 1.57. The largest absolute Gasteiger partial charge is 1.00 e. The summed E-state index contributed by atoms with van der Waals surface area (Å²) in [5.74, 6) is 0. The van der Waals surface area contributed by atoms with Gasteiger partial charge in [-0.2, -0.15) is 0 Å². The molecule has 0 aromatic heterocycles. The van der Waals surface area contributed by atoms with Crippen molar-refractivity contribution in [3.05, 3.63) is 4.72 Å². The SMILES string of the molecule is CCCC[N-]S(=O)(=O)O.[Na+]. The quantitative estimate of drug-likeness (QED) is 0.304. The minimum atomic E-state index is -4.07. The van der Waals surface area contributed by atoms with E-state index in [0.717, 1.165) is 6.42 Å². The van der Waals surface area contributed by atoms with Crippen molar-refractivity contribution in [2.75, 3.05) is 6.54 Å². The van der Waals surface area contributed by atoms with Gasteiger partial charge in [-0.05, 0) is 0 Å². The maximum absolute atomic E-state index is 9.89. The van der Waals surface area contributed by atoms with E-state index in [9.17, 15) is 8.42 Å². The number of hydrogen-bond acceptors (Lipinski definition) is 2. The van der Waals surface area contributed by atoms with Crippen LogP contribution in [0.4, 0.5) is 0 Å². The second-order valence-corrected chi connectivity index (χ2v) is 2.81. The third kappa shape index (κ3) is 11.6. The normalized spacial score (nSPS) is 10.6. The van der Waals surface area contributed by atoms with Gasteiger partial charge in [-0.25, -0.2) is 8.42 Å². The average molecular weight is 175 g/mol. The number of unbranched alkanes of at least 4 members (excludes halogenated alkanes) is 1. The molecule has 0 spiro atoms. The zero-order valence-corrected chi connectivity index (χ0v) is 9.06. The molecule has 0 aliphatic rings. The molecule has 6 heteroatoms. The van der Waals surface area contributed by atoms with Gasteiger partial charge in [0, 0.05) is 0 Å². The monoisotopic (exact) mass is 175 g/mol. The Labute approximate surface area is 83.6 Å². The van der Waals surface area contributed by atoms with Crippen LogP contribution in [0.3, 0.4) is 0 Å². The average Bonchev–Trinajstić information content (AvgIpc) is 1.63. The Morgan fingerprint density at radius 1 is 1.50 bits per heavy atom. The van der Waals surface area contributed by atoms with Gasteiger partial charge < -0.3 is 4.72 Å². The summed E-state index contributed by atoms with van der Waals surface area (Å²) in [4.78, 5) is 0. The van der Waals surface area contributed by atoms with Crippen molar-refractivity contribution in [3.63, 3.8) is 0 Å². The molecule has 4 nitrogen and oxygen atoms in total. The van der Waals surface area contributed by atoms with Crippen LogP contribution in [0.2, 0.25) is 0 Å². The van der Waals surface area contributed by atoms with Gasteiger partial charge >= 0.3 is 29.6 Å². The van der Waals surface area contributed by atoms with Gasteiger partial charge in [-0.15, -0.1) is 6.54 Å². The first-order valence-corrected chi connectivity index (χ1v) is 4.12. The fraction of sp³-hybridized carbons (Fsp3) is 1.00. The summed E-state index contributed by atoms with van der Waals surface area (Å²) in [6, 6.07) is 0. The molecule has 0 rings (SSSR count). The van der Waals surface area contributed by atoms with Gasteiger partial charge in [0.05, 0.1) is 0 Å². The predicted octanol–water partition coefficient (Wildman–Crippen LogP) is -2.03. The van der Waals surface area contributed by atoms with Crippen molar-refractivity contribution in [2.24, 2.45) is 0 Å². The van der Waals surface area contributed by atoms with E-state index in [1.165, 1.54) is 0 Å². The fourth-order valence-electron chi connectivity index (χ4n) is 0.338. The molecule has 0 aromatic carbocycles. The Bertz CT molecular complexity index is 156. The van der Waals surface area contributed by atoms with E-state index < -0.39 is 10.3 Å². The minimum Gasteiger partial charge on any atom is -0.525 e. The zero-order chi connectivity index (χ0) is 7.33. The van der Waals surface area contributed by atoms with Crippen molar-refractivity contribution in [1.29, 1.82) is 0 Å². The van der Waals surface area contributed by atoms with E-state index in [1.54, 1.807) is 0 Å². The molecule has 0 bridgehead atoms. The molecule has 0 radical (unpaired) electrons. The second kappa shape index (κ2) is 6.57. The molecule has 0 saturated heterocycles. The molecule has 0 amide bonds. The van der Waals surface area contributed by atoms with Crippen LogP contribution in [0.1, 0.15) is 19.8 Å². The van der Waals surface area contributed by atoms with E-state index in [1.807, 2.05) is 6.92 Å². The molecule has 0 unspecified atom stereocenters. The minimum absolute atomic E-state index is 0. The number of hydrogen-bond donors (Lipinski definition) is 1. The smallest absolute Gasteiger partial charge is 0.525 e. The van der Waals surface area contributed by atoms with Crippen LogP contribution in [-0.4, -0.2) is 19.5 Å². The van der Waals surface area contributed by atoms with Gasteiger partial charge in [0.1, 0.15) is 0 Å². The molecular weight excluding hydrogens is 165 g/mol. The van der Waals surface area contributed by atoms with E-state index in [4.69, 9.17) is 4.55 Å².